The summed E-state index contributed by atoms with van der Waals surface area (Å²) >= 11 is 3.12. The highest BCUT2D eigenvalue weighted by Gasteiger charge is 2.35. The number of ether oxygens (including phenoxy) is 1. The van der Waals surface area contributed by atoms with Crippen molar-refractivity contribution in [2.75, 3.05) is 17.3 Å². The number of rotatable bonds is 6. The second kappa shape index (κ2) is 9.02. The van der Waals surface area contributed by atoms with Gasteiger partial charge in [0.25, 0.3) is 0 Å². The molecule has 0 spiro atoms. The summed E-state index contributed by atoms with van der Waals surface area (Å²) in [5, 5.41) is 3.81. The normalized spacial score (nSPS) is 16.1. The Labute approximate surface area is 182 Å². The van der Waals surface area contributed by atoms with Crippen molar-refractivity contribution >= 4 is 40.7 Å². The molecular formula is C23H20FNO3S2. The fourth-order valence-corrected chi connectivity index (χ4v) is 5.26. The van der Waals surface area contributed by atoms with Gasteiger partial charge in [0.15, 0.2) is 0 Å². The quantitative estimate of drug-likeness (QED) is 0.482. The van der Waals surface area contributed by atoms with E-state index in [1.165, 1.54) is 23.9 Å². The van der Waals surface area contributed by atoms with Crippen LogP contribution < -0.4 is 4.90 Å². The lowest BCUT2D eigenvalue weighted by atomic mass is 10.1. The molecule has 0 bridgehead atoms. The molecule has 4 rings (SSSR count). The number of anilines is 1. The number of hydrogen-bond acceptors (Lipinski definition) is 5. The van der Waals surface area contributed by atoms with Crippen LogP contribution in [0.4, 0.5) is 10.1 Å². The maximum absolute atomic E-state index is 13.3. The Hall–Kier alpha value is -2.64. The van der Waals surface area contributed by atoms with Crippen LogP contribution in [-0.2, 0) is 16.0 Å². The average Bonchev–Trinajstić information content (AvgIpc) is 3.38. The van der Waals surface area contributed by atoms with Gasteiger partial charge in [0, 0.05) is 12.1 Å². The highest BCUT2D eigenvalue weighted by atomic mass is 32.2. The Morgan fingerprint density at radius 2 is 2.00 bits per heavy atom. The van der Waals surface area contributed by atoms with Crippen LogP contribution in [0.3, 0.4) is 0 Å². The third kappa shape index (κ3) is 4.42. The van der Waals surface area contributed by atoms with E-state index in [2.05, 4.69) is 0 Å². The number of thiophene rings is 1. The molecule has 0 N–H and O–H groups in total. The number of amides is 1. The summed E-state index contributed by atoms with van der Waals surface area (Å²) in [6.07, 6.45) is 0.686. The standard InChI is InChI=1S/C23H20FNO3S2/c1-15-12-18(23(27)28-10-8-16-9-11-29-13-16)4-7-20(15)25-21(26)14-30-22(25)17-2-5-19(24)6-3-17/h2-7,9,11-13,22H,8,10,14H2,1H3. The average molecular weight is 442 g/mol. The highest BCUT2D eigenvalue weighted by molar-refractivity contribution is 8.00. The molecule has 1 amide bonds. The Morgan fingerprint density at radius 3 is 2.70 bits per heavy atom. The topological polar surface area (TPSA) is 46.6 Å². The molecule has 1 aliphatic rings. The van der Waals surface area contributed by atoms with Crippen LogP contribution in [-0.4, -0.2) is 24.2 Å². The molecule has 1 aromatic heterocycles. The van der Waals surface area contributed by atoms with Crippen LogP contribution in [0.1, 0.15) is 32.4 Å². The van der Waals surface area contributed by atoms with E-state index in [4.69, 9.17) is 4.74 Å². The van der Waals surface area contributed by atoms with Gasteiger partial charge in [0.05, 0.1) is 17.9 Å². The van der Waals surface area contributed by atoms with Crippen molar-refractivity contribution in [3.63, 3.8) is 0 Å². The highest BCUT2D eigenvalue weighted by Crippen LogP contribution is 2.42. The maximum atomic E-state index is 13.3. The van der Waals surface area contributed by atoms with E-state index < -0.39 is 0 Å². The summed E-state index contributed by atoms with van der Waals surface area (Å²) in [6.45, 7) is 2.19. The lowest BCUT2D eigenvalue weighted by Crippen LogP contribution is -2.28. The monoisotopic (exact) mass is 441 g/mol. The molecule has 1 unspecified atom stereocenters. The zero-order valence-corrected chi connectivity index (χ0v) is 18.0. The number of halogens is 1. The zero-order chi connectivity index (χ0) is 21.1. The molecule has 1 saturated heterocycles. The van der Waals surface area contributed by atoms with Crippen LogP contribution in [0.15, 0.2) is 59.3 Å². The number of carbonyl (C=O) groups is 2. The number of aryl methyl sites for hydroxylation is 1. The minimum Gasteiger partial charge on any atom is -0.462 e. The molecule has 4 nitrogen and oxygen atoms in total. The van der Waals surface area contributed by atoms with Crippen LogP contribution in [0.25, 0.3) is 0 Å². The zero-order valence-electron chi connectivity index (χ0n) is 16.3. The SMILES string of the molecule is Cc1cc(C(=O)OCCc2ccsc2)ccc1N1C(=O)CSC1c1ccc(F)cc1. The first-order valence-electron chi connectivity index (χ1n) is 9.51. The molecule has 0 aliphatic carbocycles. The van der Waals surface area contributed by atoms with Crippen molar-refractivity contribution in [2.45, 2.75) is 18.7 Å². The van der Waals surface area contributed by atoms with Gasteiger partial charge in [-0.3, -0.25) is 9.69 Å². The van der Waals surface area contributed by atoms with Crippen LogP contribution in [0, 0.1) is 12.7 Å². The molecule has 0 radical (unpaired) electrons. The molecule has 154 valence electrons. The van der Waals surface area contributed by atoms with E-state index in [9.17, 15) is 14.0 Å². The Morgan fingerprint density at radius 1 is 1.20 bits per heavy atom. The third-order valence-electron chi connectivity index (χ3n) is 4.92. The summed E-state index contributed by atoms with van der Waals surface area (Å²) in [5.74, 6) is -0.341. The van der Waals surface area contributed by atoms with Crippen molar-refractivity contribution in [2.24, 2.45) is 0 Å². The number of thioether (sulfide) groups is 1. The summed E-state index contributed by atoms with van der Waals surface area (Å²) in [4.78, 5) is 26.7. The lowest BCUT2D eigenvalue weighted by Gasteiger charge is -2.26. The molecule has 3 aromatic rings. The second-order valence-electron chi connectivity index (χ2n) is 7.00. The number of nitrogens with zero attached hydrogens (tertiary/aromatic N) is 1. The van der Waals surface area contributed by atoms with Crippen molar-refractivity contribution in [1.29, 1.82) is 0 Å². The molecule has 30 heavy (non-hydrogen) atoms. The molecule has 2 aromatic carbocycles. The van der Waals surface area contributed by atoms with E-state index in [-0.39, 0.29) is 23.1 Å². The van der Waals surface area contributed by atoms with Gasteiger partial charge in [-0.15, -0.1) is 11.8 Å². The third-order valence-corrected chi connectivity index (χ3v) is 6.86. The number of carbonyl (C=O) groups excluding carboxylic acids is 2. The fourth-order valence-electron chi connectivity index (χ4n) is 3.39. The molecular weight excluding hydrogens is 421 g/mol. The van der Waals surface area contributed by atoms with E-state index in [1.54, 1.807) is 46.6 Å². The fraction of sp³-hybridized carbons (Fsp3) is 0.217. The number of benzene rings is 2. The van der Waals surface area contributed by atoms with Crippen LogP contribution in [0.5, 0.6) is 0 Å². The van der Waals surface area contributed by atoms with Crippen molar-refractivity contribution in [3.8, 4) is 0 Å². The molecule has 1 fully saturated rings. The predicted molar refractivity (Wildman–Crippen MR) is 119 cm³/mol. The molecule has 1 atom stereocenters. The van der Waals surface area contributed by atoms with Crippen molar-refractivity contribution < 1.29 is 18.7 Å². The van der Waals surface area contributed by atoms with Gasteiger partial charge in [-0.2, -0.15) is 11.3 Å². The first-order chi connectivity index (χ1) is 14.5. The van der Waals surface area contributed by atoms with Gasteiger partial charge < -0.3 is 4.74 Å². The van der Waals surface area contributed by atoms with Crippen molar-refractivity contribution in [1.82, 2.24) is 0 Å². The Bertz CT molecular complexity index is 1050. The molecule has 0 saturated carbocycles. The van der Waals surface area contributed by atoms with Gasteiger partial charge in [0.1, 0.15) is 11.2 Å². The molecule has 1 aliphatic heterocycles. The van der Waals surface area contributed by atoms with Gasteiger partial charge in [-0.1, -0.05) is 12.1 Å². The summed E-state index contributed by atoms with van der Waals surface area (Å²) in [6, 6.07) is 13.4. The second-order valence-corrected chi connectivity index (χ2v) is 8.85. The largest absolute Gasteiger partial charge is 0.462 e. The molecule has 7 heteroatoms. The minimum absolute atomic E-state index is 0.0106. The smallest absolute Gasteiger partial charge is 0.338 e. The van der Waals surface area contributed by atoms with E-state index in [0.29, 0.717) is 24.3 Å². The van der Waals surface area contributed by atoms with E-state index >= 15 is 0 Å². The van der Waals surface area contributed by atoms with E-state index in [0.717, 1.165) is 22.4 Å². The maximum Gasteiger partial charge on any atom is 0.338 e. The summed E-state index contributed by atoms with van der Waals surface area (Å²) < 4.78 is 18.7. The summed E-state index contributed by atoms with van der Waals surface area (Å²) in [5.41, 5.74) is 4.03. The van der Waals surface area contributed by atoms with Crippen LogP contribution >= 0.6 is 23.1 Å². The Kier molecular flexibility index (Phi) is 6.20. The van der Waals surface area contributed by atoms with Crippen molar-refractivity contribution in [3.05, 3.63) is 87.4 Å². The van der Waals surface area contributed by atoms with Gasteiger partial charge >= 0.3 is 5.97 Å². The van der Waals surface area contributed by atoms with Gasteiger partial charge in [-0.05, 0) is 70.8 Å². The number of esters is 1. The predicted octanol–water partition coefficient (Wildman–Crippen LogP) is 5.37. The van der Waals surface area contributed by atoms with Crippen LogP contribution in [0.2, 0.25) is 0 Å². The van der Waals surface area contributed by atoms with E-state index in [1.807, 2.05) is 23.8 Å². The minimum atomic E-state index is -0.378. The lowest BCUT2D eigenvalue weighted by molar-refractivity contribution is -0.115. The number of hydrogen-bond donors (Lipinski definition) is 0. The Balaban J connectivity index is 1.49. The van der Waals surface area contributed by atoms with Gasteiger partial charge in [0.2, 0.25) is 5.91 Å². The first-order valence-corrected chi connectivity index (χ1v) is 11.5. The van der Waals surface area contributed by atoms with Gasteiger partial charge in [-0.25, -0.2) is 9.18 Å². The summed E-state index contributed by atoms with van der Waals surface area (Å²) in [7, 11) is 0. The molecule has 2 heterocycles. The first kappa shape index (κ1) is 20.6.